The van der Waals surface area contributed by atoms with Crippen molar-refractivity contribution < 1.29 is 9.22 Å². The number of halogens is 1. The minimum atomic E-state index is -2.27. The SMILES string of the molecule is Cc1cccc(Cl)c1Nc1nc2c(n3cncc13)C=C(O[Si](C(C)C)(C(C)C)C(C)C)C(=O)C2. The number of hydrogen-bond acceptors (Lipinski definition) is 5. The number of para-hydroxylation sites is 1. The summed E-state index contributed by atoms with van der Waals surface area (Å²) in [6, 6.07) is 5.74. The molecule has 3 aromatic rings. The molecule has 0 aliphatic heterocycles. The largest absolute Gasteiger partial charge is 0.540 e. The Morgan fingerprint density at radius 1 is 1.12 bits per heavy atom. The Morgan fingerprint density at radius 3 is 2.41 bits per heavy atom. The minimum Gasteiger partial charge on any atom is -0.540 e. The molecule has 6 nitrogen and oxygen atoms in total. The fourth-order valence-corrected chi connectivity index (χ4v) is 10.9. The van der Waals surface area contributed by atoms with Crippen LogP contribution in [0.25, 0.3) is 11.6 Å². The molecule has 1 aliphatic carbocycles. The van der Waals surface area contributed by atoms with E-state index in [4.69, 9.17) is 21.0 Å². The number of anilines is 2. The highest BCUT2D eigenvalue weighted by Crippen LogP contribution is 2.44. The van der Waals surface area contributed by atoms with Crippen molar-refractivity contribution in [2.75, 3.05) is 5.32 Å². The van der Waals surface area contributed by atoms with Gasteiger partial charge in [-0.1, -0.05) is 65.3 Å². The summed E-state index contributed by atoms with van der Waals surface area (Å²) >= 11 is 6.44. The number of fused-ring (bicyclic) bond motifs is 3. The molecule has 180 valence electrons. The standard InChI is InChI=1S/C26H33ClN4O2Si/c1-15(2)34(16(3)4,17(5)6)33-24-12-21-20(11-23(24)32)29-26(22-13-28-14-31(21)22)30-25-18(7)9-8-10-19(25)27/h8-10,12-17H,11H2,1-7H3,(H,29,30). The first kappa shape index (κ1) is 24.5. The Bertz CT molecular complexity index is 1240. The van der Waals surface area contributed by atoms with Crippen molar-refractivity contribution in [3.8, 4) is 0 Å². The van der Waals surface area contributed by atoms with Crippen LogP contribution in [0.2, 0.25) is 21.6 Å². The van der Waals surface area contributed by atoms with Crippen LogP contribution < -0.4 is 5.32 Å². The second kappa shape index (κ2) is 9.19. The molecule has 4 rings (SSSR count). The number of nitrogens with one attached hydrogen (secondary N) is 1. The van der Waals surface area contributed by atoms with Crippen LogP contribution in [0, 0.1) is 6.92 Å². The van der Waals surface area contributed by atoms with Crippen molar-refractivity contribution in [2.24, 2.45) is 0 Å². The van der Waals surface area contributed by atoms with Crippen LogP contribution in [0.5, 0.6) is 0 Å². The molecule has 2 heterocycles. The molecule has 2 aromatic heterocycles. The number of Topliss-reactive ketones (excluding diaryl/α,β-unsaturated/α-hetero) is 1. The number of aryl methyl sites for hydroxylation is 1. The Kier molecular flexibility index (Phi) is 6.62. The van der Waals surface area contributed by atoms with Gasteiger partial charge in [-0.05, 0) is 35.2 Å². The van der Waals surface area contributed by atoms with E-state index in [0.717, 1.165) is 22.5 Å². The van der Waals surface area contributed by atoms with Crippen molar-refractivity contribution in [1.82, 2.24) is 14.4 Å². The predicted molar refractivity (Wildman–Crippen MR) is 141 cm³/mol. The predicted octanol–water partition coefficient (Wildman–Crippen LogP) is 7.09. The van der Waals surface area contributed by atoms with E-state index < -0.39 is 8.32 Å². The average Bonchev–Trinajstić information content (AvgIpc) is 3.24. The molecule has 0 amide bonds. The van der Waals surface area contributed by atoms with Gasteiger partial charge in [0.05, 0.1) is 41.0 Å². The van der Waals surface area contributed by atoms with E-state index in [0.29, 0.717) is 38.9 Å². The Labute approximate surface area is 207 Å². The van der Waals surface area contributed by atoms with Crippen LogP contribution in [0.4, 0.5) is 11.5 Å². The molecule has 1 aliphatic rings. The summed E-state index contributed by atoms with van der Waals surface area (Å²) in [6.07, 6.45) is 5.57. The number of rotatable bonds is 7. The molecule has 0 atom stereocenters. The van der Waals surface area contributed by atoms with E-state index in [-0.39, 0.29) is 12.2 Å². The molecule has 8 heteroatoms. The number of imidazole rings is 1. The molecule has 1 aromatic carbocycles. The fourth-order valence-electron chi connectivity index (χ4n) is 5.41. The lowest BCUT2D eigenvalue weighted by molar-refractivity contribution is -0.117. The number of benzene rings is 1. The van der Waals surface area contributed by atoms with E-state index in [1.54, 1.807) is 12.5 Å². The highest BCUT2D eigenvalue weighted by Gasteiger charge is 2.48. The first-order valence-corrected chi connectivity index (χ1v) is 14.4. The average molecular weight is 497 g/mol. The van der Waals surface area contributed by atoms with Gasteiger partial charge in [-0.3, -0.25) is 9.20 Å². The second-order valence-corrected chi connectivity index (χ2v) is 15.8. The maximum absolute atomic E-state index is 13.3. The quantitative estimate of drug-likeness (QED) is 0.353. The summed E-state index contributed by atoms with van der Waals surface area (Å²) in [5, 5.41) is 3.98. The van der Waals surface area contributed by atoms with E-state index in [9.17, 15) is 4.79 Å². The van der Waals surface area contributed by atoms with Crippen molar-refractivity contribution in [1.29, 1.82) is 0 Å². The summed E-state index contributed by atoms with van der Waals surface area (Å²) in [7, 11) is -2.27. The van der Waals surface area contributed by atoms with Crippen LogP contribution >= 0.6 is 11.6 Å². The molecule has 0 saturated heterocycles. The van der Waals surface area contributed by atoms with Crippen molar-refractivity contribution in [2.45, 2.75) is 71.5 Å². The van der Waals surface area contributed by atoms with Crippen LogP contribution in [-0.4, -0.2) is 28.5 Å². The van der Waals surface area contributed by atoms with Crippen molar-refractivity contribution in [3.63, 3.8) is 0 Å². The first-order chi connectivity index (χ1) is 16.1. The number of allylic oxidation sites excluding steroid dienone is 1. The van der Waals surface area contributed by atoms with Gasteiger partial charge >= 0.3 is 0 Å². The summed E-state index contributed by atoms with van der Waals surface area (Å²) < 4.78 is 8.74. The third-order valence-corrected chi connectivity index (χ3v) is 13.3. The lowest BCUT2D eigenvalue weighted by atomic mass is 10.0. The number of aromatic nitrogens is 3. The van der Waals surface area contributed by atoms with E-state index in [1.807, 2.05) is 35.6 Å². The van der Waals surface area contributed by atoms with Crippen molar-refractivity contribution >= 4 is 48.8 Å². The van der Waals surface area contributed by atoms with Gasteiger partial charge < -0.3 is 9.74 Å². The van der Waals surface area contributed by atoms with Gasteiger partial charge in [-0.25, -0.2) is 9.97 Å². The van der Waals surface area contributed by atoms with Gasteiger partial charge in [0, 0.05) is 6.08 Å². The third kappa shape index (κ3) is 4.05. The number of nitrogens with zero attached hydrogens (tertiary/aromatic N) is 3. The summed E-state index contributed by atoms with van der Waals surface area (Å²) in [6.45, 7) is 15.3. The maximum Gasteiger partial charge on any atom is 0.258 e. The lowest BCUT2D eigenvalue weighted by Gasteiger charge is -2.43. The lowest BCUT2D eigenvalue weighted by Crippen LogP contribution is -2.48. The zero-order valence-electron chi connectivity index (χ0n) is 20.9. The van der Waals surface area contributed by atoms with Crippen molar-refractivity contribution in [3.05, 3.63) is 58.5 Å². The summed E-state index contributed by atoms with van der Waals surface area (Å²) in [5.41, 5.74) is 5.27. The number of carbonyl (C=O) groups is 1. The van der Waals surface area contributed by atoms with E-state index >= 15 is 0 Å². The molecule has 1 N–H and O–H groups in total. The van der Waals surface area contributed by atoms with E-state index in [2.05, 4.69) is 51.8 Å². The summed E-state index contributed by atoms with van der Waals surface area (Å²) in [5.74, 6) is 1.04. The zero-order chi connectivity index (χ0) is 24.8. The first-order valence-electron chi connectivity index (χ1n) is 11.9. The normalized spacial score (nSPS) is 14.2. The molecule has 0 bridgehead atoms. The van der Waals surface area contributed by atoms with Gasteiger partial charge in [-0.2, -0.15) is 0 Å². The molecule has 0 fully saturated rings. The third-order valence-electron chi connectivity index (χ3n) is 7.01. The molecule has 0 saturated carbocycles. The highest BCUT2D eigenvalue weighted by molar-refractivity contribution is 6.78. The van der Waals surface area contributed by atoms with Gasteiger partial charge in [0.2, 0.25) is 5.78 Å². The van der Waals surface area contributed by atoms with E-state index in [1.165, 1.54) is 0 Å². The van der Waals surface area contributed by atoms with Crippen LogP contribution in [0.3, 0.4) is 0 Å². The molecule has 34 heavy (non-hydrogen) atoms. The fraction of sp³-hybridized carbons (Fsp3) is 0.423. The monoisotopic (exact) mass is 496 g/mol. The molecular formula is C26H33ClN4O2Si. The van der Waals surface area contributed by atoms with Gasteiger partial charge in [0.15, 0.2) is 5.82 Å². The smallest absolute Gasteiger partial charge is 0.258 e. The number of carbonyl (C=O) groups excluding carboxylic acids is 1. The summed E-state index contributed by atoms with van der Waals surface area (Å²) in [4.78, 5) is 22.5. The maximum atomic E-state index is 13.3. The minimum absolute atomic E-state index is 0.0295. The van der Waals surface area contributed by atoms with Crippen LogP contribution in [0.1, 0.15) is 58.5 Å². The molecular weight excluding hydrogens is 464 g/mol. The highest BCUT2D eigenvalue weighted by atomic mass is 35.5. The molecule has 0 radical (unpaired) electrons. The Morgan fingerprint density at radius 2 is 1.79 bits per heavy atom. The molecule has 0 spiro atoms. The van der Waals surface area contributed by atoms with Gasteiger partial charge in [0.25, 0.3) is 8.32 Å². The Hall–Kier alpha value is -2.64. The van der Waals surface area contributed by atoms with Gasteiger partial charge in [0.1, 0.15) is 11.3 Å². The second-order valence-electron chi connectivity index (χ2n) is 10.0. The van der Waals surface area contributed by atoms with Crippen LogP contribution in [-0.2, 0) is 15.6 Å². The number of ketones is 1. The number of hydrogen-bond donors (Lipinski definition) is 1. The van der Waals surface area contributed by atoms with Crippen LogP contribution in [0.15, 0.2) is 36.5 Å². The Balaban J connectivity index is 1.81. The molecule has 0 unspecified atom stereocenters. The zero-order valence-corrected chi connectivity index (χ0v) is 22.7. The topological polar surface area (TPSA) is 68.5 Å². The van der Waals surface area contributed by atoms with Gasteiger partial charge in [-0.15, -0.1) is 0 Å².